The first-order valence-corrected chi connectivity index (χ1v) is 8.49. The predicted molar refractivity (Wildman–Crippen MR) is 96.1 cm³/mol. The summed E-state index contributed by atoms with van der Waals surface area (Å²) in [6, 6.07) is 6.89. The standard InChI is InChI=1S/C22H6F8/c23-15-11-5-1-7-8-2-6-12-14(18(26)22(30)20(28)16(12)24)10(8)4-3-9(7)13(11)17(25)21(29)19(15)27/h1-6H. The lowest BCUT2D eigenvalue weighted by Crippen LogP contribution is -2.00. The summed E-state index contributed by atoms with van der Waals surface area (Å²) in [5.41, 5.74) is 0. The Morgan fingerprint density at radius 2 is 0.533 bits per heavy atom. The molecule has 8 heteroatoms. The van der Waals surface area contributed by atoms with E-state index in [2.05, 4.69) is 0 Å². The third-order valence-corrected chi connectivity index (χ3v) is 5.27. The Morgan fingerprint density at radius 3 is 0.900 bits per heavy atom. The van der Waals surface area contributed by atoms with E-state index in [1.54, 1.807) is 0 Å². The van der Waals surface area contributed by atoms with Crippen LogP contribution in [-0.4, -0.2) is 0 Å². The van der Waals surface area contributed by atoms with E-state index in [-0.39, 0.29) is 21.5 Å². The summed E-state index contributed by atoms with van der Waals surface area (Å²) in [6.45, 7) is 0. The molecule has 0 radical (unpaired) electrons. The second-order valence-electron chi connectivity index (χ2n) is 6.74. The number of benzene rings is 5. The minimum atomic E-state index is -1.99. The third-order valence-electron chi connectivity index (χ3n) is 5.27. The minimum Gasteiger partial charge on any atom is -0.203 e. The van der Waals surface area contributed by atoms with Gasteiger partial charge in [-0.1, -0.05) is 36.4 Å². The number of rotatable bonds is 0. The summed E-state index contributed by atoms with van der Waals surface area (Å²) in [5, 5.41) is -1.83. The van der Waals surface area contributed by atoms with Crippen LogP contribution < -0.4 is 0 Å². The highest BCUT2D eigenvalue weighted by molar-refractivity contribution is 6.22. The van der Waals surface area contributed by atoms with Crippen molar-refractivity contribution in [1.82, 2.24) is 0 Å². The van der Waals surface area contributed by atoms with E-state index >= 15 is 0 Å². The van der Waals surface area contributed by atoms with E-state index in [1.165, 1.54) is 12.1 Å². The van der Waals surface area contributed by atoms with E-state index in [4.69, 9.17) is 0 Å². The first-order valence-electron chi connectivity index (χ1n) is 8.49. The zero-order valence-corrected chi connectivity index (χ0v) is 14.5. The zero-order chi connectivity index (χ0) is 21.5. The molecule has 0 saturated heterocycles. The Balaban J connectivity index is 2.03. The van der Waals surface area contributed by atoms with Crippen LogP contribution >= 0.6 is 0 Å². The van der Waals surface area contributed by atoms with Crippen molar-refractivity contribution in [3.8, 4) is 0 Å². The number of hydrogen-bond donors (Lipinski definition) is 0. The fourth-order valence-electron chi connectivity index (χ4n) is 3.90. The first kappa shape index (κ1) is 18.6. The van der Waals surface area contributed by atoms with Gasteiger partial charge in [0.15, 0.2) is 46.5 Å². The van der Waals surface area contributed by atoms with Gasteiger partial charge < -0.3 is 0 Å². The predicted octanol–water partition coefficient (Wildman–Crippen LogP) is 7.41. The quantitative estimate of drug-likeness (QED) is 0.106. The van der Waals surface area contributed by atoms with Gasteiger partial charge in [0.2, 0.25) is 0 Å². The van der Waals surface area contributed by atoms with Gasteiger partial charge >= 0.3 is 0 Å². The molecule has 0 aromatic heterocycles. The lowest BCUT2D eigenvalue weighted by molar-refractivity contribution is 0.418. The Bertz CT molecular complexity index is 1450. The highest BCUT2D eigenvalue weighted by Gasteiger charge is 2.24. The molecule has 0 fully saturated rings. The number of hydrogen-bond acceptors (Lipinski definition) is 0. The molecule has 0 amide bonds. The Morgan fingerprint density at radius 1 is 0.267 bits per heavy atom. The molecule has 0 bridgehead atoms. The molecule has 0 N–H and O–H groups in total. The minimum absolute atomic E-state index is 0.0295. The average Bonchev–Trinajstić information content (AvgIpc) is 2.76. The Hall–Kier alpha value is -3.42. The van der Waals surface area contributed by atoms with Crippen LogP contribution in [0.15, 0.2) is 36.4 Å². The summed E-state index contributed by atoms with van der Waals surface area (Å²) < 4.78 is 112. The molecule has 0 unspecified atom stereocenters. The molecule has 0 nitrogen and oxygen atoms in total. The van der Waals surface area contributed by atoms with Gasteiger partial charge in [-0.05, 0) is 21.5 Å². The maximum Gasteiger partial charge on any atom is 0.198 e. The largest absolute Gasteiger partial charge is 0.203 e. The molecule has 30 heavy (non-hydrogen) atoms. The highest BCUT2D eigenvalue weighted by atomic mass is 19.2. The van der Waals surface area contributed by atoms with E-state index in [1.807, 2.05) is 0 Å². The molecule has 0 heterocycles. The number of halogens is 8. The van der Waals surface area contributed by atoms with Crippen molar-refractivity contribution in [3.05, 3.63) is 82.9 Å². The van der Waals surface area contributed by atoms with Gasteiger partial charge in [0.05, 0.1) is 0 Å². The zero-order valence-electron chi connectivity index (χ0n) is 14.5. The smallest absolute Gasteiger partial charge is 0.198 e. The lowest BCUT2D eigenvalue weighted by atomic mass is 9.93. The molecule has 0 spiro atoms. The van der Waals surface area contributed by atoms with Crippen LogP contribution in [0.2, 0.25) is 0 Å². The second kappa shape index (κ2) is 6.04. The highest BCUT2D eigenvalue weighted by Crippen LogP contribution is 2.39. The van der Waals surface area contributed by atoms with E-state index < -0.39 is 68.1 Å². The van der Waals surface area contributed by atoms with Crippen molar-refractivity contribution < 1.29 is 35.1 Å². The maximum atomic E-state index is 14.5. The molecule has 0 aliphatic carbocycles. The molecule has 5 aromatic carbocycles. The van der Waals surface area contributed by atoms with Crippen molar-refractivity contribution in [2.75, 3.05) is 0 Å². The van der Waals surface area contributed by atoms with E-state index in [0.29, 0.717) is 0 Å². The van der Waals surface area contributed by atoms with E-state index in [0.717, 1.165) is 24.3 Å². The van der Waals surface area contributed by atoms with Gasteiger partial charge in [-0.15, -0.1) is 0 Å². The van der Waals surface area contributed by atoms with Gasteiger partial charge in [-0.3, -0.25) is 0 Å². The normalized spacial score (nSPS) is 12.0. The van der Waals surface area contributed by atoms with Gasteiger partial charge in [-0.25, -0.2) is 35.1 Å². The van der Waals surface area contributed by atoms with Crippen molar-refractivity contribution in [1.29, 1.82) is 0 Å². The van der Waals surface area contributed by atoms with Crippen molar-refractivity contribution in [3.63, 3.8) is 0 Å². The molecule has 0 saturated carbocycles. The van der Waals surface area contributed by atoms with Crippen LogP contribution in [0.1, 0.15) is 0 Å². The van der Waals surface area contributed by atoms with Gasteiger partial charge in [0, 0.05) is 21.5 Å². The summed E-state index contributed by atoms with van der Waals surface area (Å²) in [6.07, 6.45) is 0. The average molecular weight is 422 g/mol. The van der Waals surface area contributed by atoms with Crippen LogP contribution in [0.25, 0.3) is 43.1 Å². The Kier molecular flexibility index (Phi) is 3.75. The third kappa shape index (κ3) is 2.16. The van der Waals surface area contributed by atoms with Crippen molar-refractivity contribution in [2.24, 2.45) is 0 Å². The molecule has 0 aliphatic rings. The van der Waals surface area contributed by atoms with Crippen molar-refractivity contribution >= 4 is 43.1 Å². The summed E-state index contributed by atoms with van der Waals surface area (Å²) in [7, 11) is 0. The van der Waals surface area contributed by atoms with Crippen LogP contribution in [-0.2, 0) is 0 Å². The van der Waals surface area contributed by atoms with Gasteiger partial charge in [0.1, 0.15) is 0 Å². The van der Waals surface area contributed by atoms with Crippen LogP contribution in [0.3, 0.4) is 0 Å². The number of fused-ring (bicyclic) bond motifs is 7. The van der Waals surface area contributed by atoms with Gasteiger partial charge in [-0.2, -0.15) is 0 Å². The SMILES string of the molecule is Fc1c(F)c(F)c2c(ccc3c4ccc5c(F)c(F)c(F)c(F)c5c4ccc32)c1F. The molecule has 5 rings (SSSR count). The molecule has 0 aliphatic heterocycles. The van der Waals surface area contributed by atoms with Crippen LogP contribution in [0.5, 0.6) is 0 Å². The monoisotopic (exact) mass is 422 g/mol. The summed E-state index contributed by atoms with van der Waals surface area (Å²) in [5.74, 6) is -14.3. The maximum absolute atomic E-state index is 14.5. The van der Waals surface area contributed by atoms with Crippen LogP contribution in [0.4, 0.5) is 35.1 Å². The topological polar surface area (TPSA) is 0 Å². The molecule has 150 valence electrons. The summed E-state index contributed by atoms with van der Waals surface area (Å²) in [4.78, 5) is 0. The Labute approximate surface area is 161 Å². The summed E-state index contributed by atoms with van der Waals surface area (Å²) >= 11 is 0. The fourth-order valence-corrected chi connectivity index (χ4v) is 3.90. The van der Waals surface area contributed by atoms with Crippen molar-refractivity contribution in [2.45, 2.75) is 0 Å². The fraction of sp³-hybridized carbons (Fsp3) is 0. The second-order valence-corrected chi connectivity index (χ2v) is 6.74. The molecular formula is C22H6F8. The molecular weight excluding hydrogens is 416 g/mol. The van der Waals surface area contributed by atoms with E-state index in [9.17, 15) is 35.1 Å². The molecule has 5 aromatic rings. The molecule has 0 atom stereocenters. The lowest BCUT2D eigenvalue weighted by Gasteiger charge is -2.13. The first-order chi connectivity index (χ1) is 14.2. The van der Waals surface area contributed by atoms with Gasteiger partial charge in [0.25, 0.3) is 0 Å². The van der Waals surface area contributed by atoms with Crippen LogP contribution in [0, 0.1) is 46.5 Å².